The summed E-state index contributed by atoms with van der Waals surface area (Å²) in [5.41, 5.74) is 20.1. The lowest BCUT2D eigenvalue weighted by Gasteiger charge is -2.44. The number of imidazole rings is 1. The molecular weight excluding hydrogens is 765 g/mol. The van der Waals surface area contributed by atoms with Gasteiger partial charge in [-0.15, -0.1) is 0 Å². The summed E-state index contributed by atoms with van der Waals surface area (Å²) in [6.45, 7) is 25.2. The summed E-state index contributed by atoms with van der Waals surface area (Å²) in [4.78, 5) is 13.0. The Hall–Kier alpha value is -6.53. The number of benzene rings is 6. The van der Waals surface area contributed by atoms with Crippen LogP contribution in [0.2, 0.25) is 0 Å². The maximum absolute atomic E-state index is 5.55. The van der Waals surface area contributed by atoms with Gasteiger partial charge < -0.3 is 9.80 Å². The molecule has 6 heteroatoms. The van der Waals surface area contributed by atoms with Crippen LogP contribution in [0, 0.1) is 13.8 Å². The summed E-state index contributed by atoms with van der Waals surface area (Å²) in [5, 5.41) is 0. The second-order valence-electron chi connectivity index (χ2n) is 20.8. The molecule has 0 N–H and O–H groups in total. The maximum Gasteiger partial charge on any atom is 0.277 e. The van der Waals surface area contributed by atoms with Crippen LogP contribution in [-0.4, -0.2) is 16.1 Å². The van der Waals surface area contributed by atoms with Crippen LogP contribution < -0.4 is 31.2 Å². The fourth-order valence-electron chi connectivity index (χ4n) is 9.78. The van der Waals surface area contributed by atoms with Gasteiger partial charge in [0, 0.05) is 51.7 Å². The molecule has 6 aromatic carbocycles. The average Bonchev–Trinajstić information content (AvgIpc) is 3.63. The van der Waals surface area contributed by atoms with Crippen molar-refractivity contribution in [3.05, 3.63) is 180 Å². The van der Waals surface area contributed by atoms with Crippen LogP contribution in [0.5, 0.6) is 0 Å². The van der Waals surface area contributed by atoms with Crippen molar-refractivity contribution in [3.8, 4) is 0 Å². The van der Waals surface area contributed by atoms with E-state index in [0.717, 1.165) is 39.8 Å². The molecule has 2 aromatic heterocycles. The smallest absolute Gasteiger partial charge is 0.277 e. The molecule has 0 amide bonds. The lowest BCUT2D eigenvalue weighted by atomic mass is 9.35. The Bertz CT molecular complexity index is 2990. The Labute approximate surface area is 374 Å². The van der Waals surface area contributed by atoms with Gasteiger partial charge in [0.2, 0.25) is 0 Å². The van der Waals surface area contributed by atoms with E-state index in [1.165, 1.54) is 61.5 Å². The summed E-state index contributed by atoms with van der Waals surface area (Å²) in [5.74, 6) is 1.08. The van der Waals surface area contributed by atoms with Crippen molar-refractivity contribution < 1.29 is 0 Å². The molecule has 10 rings (SSSR count). The summed E-state index contributed by atoms with van der Waals surface area (Å²) in [6, 6.07) is 54.3. The maximum atomic E-state index is 5.55. The predicted octanol–water partition coefficient (Wildman–Crippen LogP) is 13.4. The van der Waals surface area contributed by atoms with Gasteiger partial charge in [-0.05, 0) is 142 Å². The number of nitrogens with zero attached hydrogens (tertiary/aromatic N) is 5. The van der Waals surface area contributed by atoms with Crippen LogP contribution in [-0.2, 0) is 16.2 Å². The first-order chi connectivity index (χ1) is 30.0. The van der Waals surface area contributed by atoms with Gasteiger partial charge in [-0.25, -0.2) is 4.98 Å². The minimum absolute atomic E-state index is 0.0331. The van der Waals surface area contributed by atoms with Crippen molar-refractivity contribution in [3.63, 3.8) is 0 Å². The van der Waals surface area contributed by atoms with Gasteiger partial charge >= 0.3 is 0 Å². The molecule has 0 saturated carbocycles. The molecule has 8 aromatic rings. The third kappa shape index (κ3) is 6.73. The molecule has 4 heterocycles. The second kappa shape index (κ2) is 14.5. The van der Waals surface area contributed by atoms with E-state index in [4.69, 9.17) is 4.98 Å². The molecule has 2 aliphatic rings. The first-order valence-electron chi connectivity index (χ1n) is 22.5. The van der Waals surface area contributed by atoms with E-state index in [9.17, 15) is 0 Å². The van der Waals surface area contributed by atoms with Gasteiger partial charge in [-0.3, -0.25) is 9.30 Å². The van der Waals surface area contributed by atoms with Crippen LogP contribution >= 0.6 is 0 Å². The zero-order chi connectivity index (χ0) is 44.2. The highest BCUT2D eigenvalue weighted by atomic mass is 15.3. The number of anilines is 9. The van der Waals surface area contributed by atoms with Crippen molar-refractivity contribution in [2.45, 2.75) is 92.4 Å². The summed E-state index contributed by atoms with van der Waals surface area (Å²) in [7, 11) is 0. The van der Waals surface area contributed by atoms with Crippen LogP contribution in [0.1, 0.15) is 90.1 Å². The zero-order valence-corrected chi connectivity index (χ0v) is 38.7. The number of aromatic nitrogens is 2. The third-order valence-corrected chi connectivity index (χ3v) is 13.2. The highest BCUT2D eigenvalue weighted by Crippen LogP contribution is 2.48. The highest BCUT2D eigenvalue weighted by molar-refractivity contribution is 7.00. The fourth-order valence-corrected chi connectivity index (χ4v) is 9.78. The van der Waals surface area contributed by atoms with E-state index in [1.54, 1.807) is 0 Å². The molecule has 0 aliphatic carbocycles. The van der Waals surface area contributed by atoms with Crippen LogP contribution in [0.15, 0.2) is 152 Å². The van der Waals surface area contributed by atoms with Crippen LogP contribution in [0.25, 0.3) is 5.65 Å². The average molecular weight is 824 g/mol. The minimum Gasteiger partial charge on any atom is -0.311 e. The number of rotatable bonds is 5. The molecule has 0 unspecified atom stereocenters. The number of hydrogen-bond donors (Lipinski definition) is 0. The van der Waals surface area contributed by atoms with Gasteiger partial charge in [0.05, 0.1) is 5.59 Å². The number of fused-ring (bicyclic) bond motifs is 6. The molecule has 0 bridgehead atoms. The summed E-state index contributed by atoms with van der Waals surface area (Å²) in [6.07, 6.45) is 2.16. The molecule has 0 radical (unpaired) electrons. The van der Waals surface area contributed by atoms with E-state index >= 15 is 0 Å². The lowest BCUT2D eigenvalue weighted by molar-refractivity contribution is 0.589. The lowest BCUT2D eigenvalue weighted by Crippen LogP contribution is -2.62. The van der Waals surface area contributed by atoms with Gasteiger partial charge in [0.1, 0.15) is 11.5 Å². The largest absolute Gasteiger partial charge is 0.311 e. The van der Waals surface area contributed by atoms with Gasteiger partial charge in [-0.1, -0.05) is 135 Å². The van der Waals surface area contributed by atoms with Gasteiger partial charge in [-0.2, -0.15) is 0 Å². The van der Waals surface area contributed by atoms with E-state index < -0.39 is 0 Å². The standard InChI is InChI=1S/C57H58BN5/c1-37-32-39(55(3,4)5)25-29-46(37)62(47-30-26-40(33-38(47)2)56(6,7)8)44-27-28-45-48(36-44)61(42-20-14-12-15-21-42)49-34-41(57(9,10)11)35-50-52(49)58(45)53-54(60-31-19-18-24-51(60)59-53)63(50)43-22-16-13-17-23-43/h12-36H,1-11H3. The van der Waals surface area contributed by atoms with Gasteiger partial charge in [0.15, 0.2) is 0 Å². The minimum atomic E-state index is -0.127. The number of pyridine rings is 1. The molecule has 314 valence electrons. The Kier molecular flexibility index (Phi) is 9.34. The van der Waals surface area contributed by atoms with E-state index in [0.29, 0.717) is 0 Å². The first kappa shape index (κ1) is 40.5. The summed E-state index contributed by atoms with van der Waals surface area (Å²) < 4.78 is 2.28. The van der Waals surface area contributed by atoms with E-state index in [2.05, 4.69) is 247 Å². The molecular formula is C57H58BN5. The SMILES string of the molecule is Cc1cc(C(C)(C)C)ccc1N(c1ccc2c(c1)N(c1ccccc1)c1cc(C(C)(C)C)cc3c1B2c1nc2ccccn2c1N3c1ccccc1)c1ccc(C(C)(C)C)cc1C. The molecule has 0 saturated heterocycles. The van der Waals surface area contributed by atoms with E-state index in [1.807, 2.05) is 0 Å². The van der Waals surface area contributed by atoms with E-state index in [-0.39, 0.29) is 23.0 Å². The molecule has 63 heavy (non-hydrogen) atoms. The number of aryl methyl sites for hydroxylation is 2. The number of hydrogen-bond acceptors (Lipinski definition) is 4. The summed E-state index contributed by atoms with van der Waals surface area (Å²) >= 11 is 0. The molecule has 0 atom stereocenters. The predicted molar refractivity (Wildman–Crippen MR) is 269 cm³/mol. The Morgan fingerprint density at radius 2 is 1.02 bits per heavy atom. The first-order valence-corrected chi connectivity index (χ1v) is 22.5. The normalized spacial score (nSPS) is 13.5. The van der Waals surface area contributed by atoms with Gasteiger partial charge in [0.25, 0.3) is 6.71 Å². The Morgan fingerprint density at radius 1 is 0.492 bits per heavy atom. The molecule has 0 spiro atoms. The second-order valence-corrected chi connectivity index (χ2v) is 20.8. The third-order valence-electron chi connectivity index (χ3n) is 13.2. The number of para-hydroxylation sites is 2. The molecule has 0 fully saturated rings. The van der Waals surface area contributed by atoms with Crippen LogP contribution in [0.3, 0.4) is 0 Å². The molecule has 5 nitrogen and oxygen atoms in total. The highest BCUT2D eigenvalue weighted by Gasteiger charge is 2.47. The fraction of sp³-hybridized carbons (Fsp3) is 0.246. The van der Waals surface area contributed by atoms with Crippen molar-refractivity contribution in [2.24, 2.45) is 0 Å². The quantitative estimate of drug-likeness (QED) is 0.162. The van der Waals surface area contributed by atoms with Crippen molar-refractivity contribution in [1.29, 1.82) is 0 Å². The monoisotopic (exact) mass is 823 g/mol. The van der Waals surface area contributed by atoms with Crippen molar-refractivity contribution >= 4 is 80.2 Å². The zero-order valence-electron chi connectivity index (χ0n) is 38.7. The van der Waals surface area contributed by atoms with Crippen molar-refractivity contribution in [1.82, 2.24) is 9.38 Å². The van der Waals surface area contributed by atoms with Crippen molar-refractivity contribution in [2.75, 3.05) is 14.7 Å². The van der Waals surface area contributed by atoms with Crippen LogP contribution in [0.4, 0.5) is 51.3 Å². The Morgan fingerprint density at radius 3 is 1.56 bits per heavy atom. The molecule has 2 aliphatic heterocycles. The topological polar surface area (TPSA) is 27.0 Å². The Balaban J connectivity index is 1.29.